The van der Waals surface area contributed by atoms with E-state index in [1.807, 2.05) is 57.2 Å². The number of rotatable bonds is 16. The molecule has 1 aliphatic rings. The van der Waals surface area contributed by atoms with E-state index >= 15 is 0 Å². The van der Waals surface area contributed by atoms with Crippen LogP contribution in [0.3, 0.4) is 0 Å². The molecule has 1 fully saturated rings. The number of alkyl halides is 2. The van der Waals surface area contributed by atoms with Gasteiger partial charge in [-0.05, 0) is 104 Å². The number of hydrogen-bond donors (Lipinski definition) is 8. The quantitative estimate of drug-likeness (QED) is 0.0462. The van der Waals surface area contributed by atoms with Crippen LogP contribution in [0, 0.1) is 6.92 Å². The highest BCUT2D eigenvalue weighted by molar-refractivity contribution is 7.16. The van der Waals surface area contributed by atoms with Crippen LogP contribution < -0.4 is 31.9 Å². The van der Waals surface area contributed by atoms with Gasteiger partial charge in [0.2, 0.25) is 0 Å². The molecule has 0 aliphatic heterocycles. The van der Waals surface area contributed by atoms with Gasteiger partial charge < -0.3 is 46.6 Å². The molecule has 18 heteroatoms. The normalized spacial score (nSPS) is 14.1. The first-order chi connectivity index (χ1) is 29.3. The summed E-state index contributed by atoms with van der Waals surface area (Å²) in [5.74, 6) is 0.947. The molecule has 4 aromatic heterocycles. The topological polar surface area (TPSA) is 211 Å². The number of aliphatic hydroxyl groups is 2. The Labute approximate surface area is 362 Å². The number of amides is 2. The van der Waals surface area contributed by atoms with E-state index in [1.165, 1.54) is 40.1 Å². The van der Waals surface area contributed by atoms with Crippen molar-refractivity contribution >= 4 is 78.7 Å². The van der Waals surface area contributed by atoms with Crippen LogP contribution in [0.4, 0.5) is 43.2 Å². The molecule has 0 bridgehead atoms. The van der Waals surface area contributed by atoms with Crippen molar-refractivity contribution in [2.24, 2.45) is 0 Å². The van der Waals surface area contributed by atoms with Gasteiger partial charge in [-0.25, -0.2) is 23.7 Å². The molecule has 0 saturated heterocycles. The number of benzene rings is 2. The zero-order chi connectivity index (χ0) is 44.8. The monoisotopic (exact) mass is 872 g/mol. The second kappa shape index (κ2) is 19.4. The van der Waals surface area contributed by atoms with Crippen molar-refractivity contribution in [3.63, 3.8) is 0 Å². The molecule has 0 unspecified atom stereocenters. The van der Waals surface area contributed by atoms with Crippen molar-refractivity contribution in [3.05, 3.63) is 83.3 Å². The van der Waals surface area contributed by atoms with Crippen LogP contribution in [0.1, 0.15) is 87.3 Å². The van der Waals surface area contributed by atoms with Crippen LogP contribution in [-0.2, 0) is 0 Å². The van der Waals surface area contributed by atoms with Gasteiger partial charge in [-0.15, -0.1) is 11.3 Å². The number of carbonyl (C=O) groups excluding carboxylic acids is 2. The minimum atomic E-state index is -1.59. The number of anilines is 6. The largest absolute Gasteiger partial charge is 0.387 e. The molecule has 62 heavy (non-hydrogen) atoms. The van der Waals surface area contributed by atoms with Crippen molar-refractivity contribution in [1.29, 1.82) is 0 Å². The molecular formula is C44H54F2N10O5S. The Morgan fingerprint density at radius 1 is 0.806 bits per heavy atom. The average Bonchev–Trinajstić information content (AvgIpc) is 3.82. The zero-order valence-electron chi connectivity index (χ0n) is 35.8. The molecule has 15 nitrogen and oxygen atoms in total. The van der Waals surface area contributed by atoms with Crippen LogP contribution in [0.15, 0.2) is 71.0 Å². The molecule has 2 amide bonds. The number of thiazole rings is 1. The van der Waals surface area contributed by atoms with Crippen LogP contribution in [0.5, 0.6) is 0 Å². The summed E-state index contributed by atoms with van der Waals surface area (Å²) in [6.45, 7) is 10.6. The maximum absolute atomic E-state index is 14.0. The third-order valence-electron chi connectivity index (χ3n) is 10.2. The maximum Gasteiger partial charge on any atom is 0.255 e. The van der Waals surface area contributed by atoms with Gasteiger partial charge in [0.05, 0.1) is 62.5 Å². The lowest BCUT2D eigenvalue weighted by molar-refractivity contribution is -0.00209. The highest BCUT2D eigenvalue weighted by Gasteiger charge is 2.29. The lowest BCUT2D eigenvalue weighted by Gasteiger charge is -2.28. The van der Waals surface area contributed by atoms with Crippen molar-refractivity contribution in [1.82, 2.24) is 30.7 Å². The molecule has 2 aromatic carbocycles. The van der Waals surface area contributed by atoms with E-state index in [1.54, 1.807) is 29.0 Å². The second-order valence-corrected chi connectivity index (χ2v) is 17.6. The summed E-state index contributed by atoms with van der Waals surface area (Å²) >= 11 is 1.56. The third kappa shape index (κ3) is 11.9. The molecular weight excluding hydrogens is 819 g/mol. The van der Waals surface area contributed by atoms with Gasteiger partial charge in [-0.2, -0.15) is 0 Å². The SMILES string of the molecule is CC(C)(O)[C@H](F)CNC(=O)c1cnc(Nc2ccc3ncsc3c2)cc1NC1CCC1.Cc1onc2ccc(Nc3cc(NC(C)C)c(C(=O)NC[C@@H](F)C(C)(C)O)cn3)cc12. The van der Waals surface area contributed by atoms with Crippen LogP contribution in [0.25, 0.3) is 21.1 Å². The Bertz CT molecular complexity index is 2500. The molecule has 1 saturated carbocycles. The second-order valence-electron chi connectivity index (χ2n) is 16.7. The molecule has 1 aliphatic carbocycles. The molecule has 330 valence electrons. The van der Waals surface area contributed by atoms with E-state index in [0.29, 0.717) is 34.6 Å². The Morgan fingerprint density at radius 2 is 1.35 bits per heavy atom. The summed E-state index contributed by atoms with van der Waals surface area (Å²) in [5, 5.41) is 42.5. The molecule has 0 radical (unpaired) electrons. The third-order valence-corrected chi connectivity index (χ3v) is 10.9. The minimum absolute atomic E-state index is 0.0584. The highest BCUT2D eigenvalue weighted by Crippen LogP contribution is 2.30. The lowest BCUT2D eigenvalue weighted by Crippen LogP contribution is -2.42. The highest BCUT2D eigenvalue weighted by atomic mass is 32.1. The molecule has 4 heterocycles. The maximum atomic E-state index is 14.0. The number of carbonyl (C=O) groups is 2. The smallest absolute Gasteiger partial charge is 0.255 e. The fourth-order valence-electron chi connectivity index (χ4n) is 6.16. The van der Waals surface area contributed by atoms with Gasteiger partial charge in [0.25, 0.3) is 11.8 Å². The average molecular weight is 873 g/mol. The van der Waals surface area contributed by atoms with Crippen LogP contribution in [-0.4, -0.2) is 90.9 Å². The molecule has 0 spiro atoms. The fourth-order valence-corrected chi connectivity index (χ4v) is 6.87. The van der Waals surface area contributed by atoms with E-state index in [0.717, 1.165) is 57.5 Å². The summed E-state index contributed by atoms with van der Waals surface area (Å²) in [4.78, 5) is 38.3. The number of aryl methyl sites for hydroxylation is 1. The lowest BCUT2D eigenvalue weighted by atomic mass is 9.92. The summed E-state index contributed by atoms with van der Waals surface area (Å²) in [7, 11) is 0. The standard InChI is InChI=1S/C22H28FN5O3.C22H26FN5O2S/c1-12(2)26-18-9-20(27-14-6-7-17-15(8-14)13(3)31-28-17)24-10-16(18)21(29)25-11-19(23)22(4,5)30;1-22(2,30)19(23)11-25-21(29)15-10-24-20(9-17(15)27-13-4-3-5-13)28-14-6-7-16-18(8-14)31-12-26-16/h6-10,12,19,30H,11H2,1-5H3,(H,25,29)(H2,24,26,27);6-10,12-13,19,30H,3-5,11H2,1-2H3,(H,25,29)(H2,24,27,28)/t2*19-/m11/s1. The van der Waals surface area contributed by atoms with Crippen molar-refractivity contribution in [3.8, 4) is 0 Å². The van der Waals surface area contributed by atoms with Gasteiger partial charge in [0.1, 0.15) is 35.3 Å². The predicted octanol–water partition coefficient (Wildman–Crippen LogP) is 8.17. The van der Waals surface area contributed by atoms with Gasteiger partial charge in [0.15, 0.2) is 0 Å². The summed E-state index contributed by atoms with van der Waals surface area (Å²) in [6, 6.07) is 15.4. The number of fused-ring (bicyclic) bond motifs is 2. The summed E-state index contributed by atoms with van der Waals surface area (Å²) < 4.78 is 34.3. The van der Waals surface area contributed by atoms with E-state index < -0.39 is 35.4 Å². The number of nitrogens with one attached hydrogen (secondary N) is 6. The Balaban J connectivity index is 0.000000207. The van der Waals surface area contributed by atoms with E-state index in [9.17, 15) is 28.6 Å². The first kappa shape index (κ1) is 45.5. The van der Waals surface area contributed by atoms with E-state index in [-0.39, 0.29) is 24.7 Å². The first-order valence-electron chi connectivity index (χ1n) is 20.4. The number of halogens is 2. The Hall–Kier alpha value is -5.98. The van der Waals surface area contributed by atoms with Gasteiger partial charge in [-0.3, -0.25) is 9.59 Å². The predicted molar refractivity (Wildman–Crippen MR) is 240 cm³/mol. The van der Waals surface area contributed by atoms with Crippen molar-refractivity contribution in [2.75, 3.05) is 34.4 Å². The van der Waals surface area contributed by atoms with Gasteiger partial charge in [0, 0.05) is 53.4 Å². The first-order valence-corrected chi connectivity index (χ1v) is 21.3. The van der Waals surface area contributed by atoms with E-state index in [2.05, 4.69) is 52.0 Å². The van der Waals surface area contributed by atoms with Crippen molar-refractivity contribution < 1.29 is 33.1 Å². The molecule has 2 atom stereocenters. The number of nitrogens with zero attached hydrogens (tertiary/aromatic N) is 4. The van der Waals surface area contributed by atoms with E-state index in [4.69, 9.17) is 4.52 Å². The van der Waals surface area contributed by atoms with Crippen LogP contribution >= 0.6 is 11.3 Å². The minimum Gasteiger partial charge on any atom is -0.387 e. The van der Waals surface area contributed by atoms with Crippen molar-refractivity contribution in [2.45, 2.75) is 103 Å². The summed E-state index contributed by atoms with van der Waals surface area (Å²) in [6.07, 6.45) is 2.99. The van der Waals surface area contributed by atoms with Crippen LogP contribution in [0.2, 0.25) is 0 Å². The number of hydrogen-bond acceptors (Lipinski definition) is 14. The number of aromatic nitrogens is 4. The zero-order valence-corrected chi connectivity index (χ0v) is 36.6. The summed E-state index contributed by atoms with van der Waals surface area (Å²) in [5.41, 5.74) is 3.97. The Morgan fingerprint density at radius 3 is 1.90 bits per heavy atom. The fraction of sp³-hybridized carbons (Fsp3) is 0.409. The van der Waals surface area contributed by atoms with Gasteiger partial charge >= 0.3 is 0 Å². The molecule has 8 N–H and O–H groups in total. The molecule has 6 aromatic rings. The molecule has 7 rings (SSSR count). The Kier molecular flexibility index (Phi) is 14.2. The van der Waals surface area contributed by atoms with Gasteiger partial charge in [-0.1, -0.05) is 5.16 Å². The number of pyridine rings is 2.